The first-order chi connectivity index (χ1) is 22.1. The van der Waals surface area contributed by atoms with E-state index in [1.165, 1.54) is 0 Å². The summed E-state index contributed by atoms with van der Waals surface area (Å²) in [6, 6.07) is 5.82. The standard InChI is InChI=1S/C36H50BrN3O6/c1-6-18-38(25-14-16-27(17-15-25)45-8-3)33(42)29-30-34(43)40(26(22-41)20-23(4)5)32(36(30)21-28(37)31(29)46-36)35(44)39(19-7-2)24-12-10-9-11-13-24/h6-7,14-17,23-24,26,28-32,41H,1-2,8-13,18-22H2,3-5H3/t26-,28?,29+,30+,31+,32?,36?/m1/s1. The second-order valence-corrected chi connectivity index (χ2v) is 14.8. The Morgan fingerprint density at radius 1 is 1.13 bits per heavy atom. The van der Waals surface area contributed by atoms with Gasteiger partial charge in [0, 0.05) is 29.6 Å². The number of likely N-dealkylation sites (tertiary alicyclic amines) is 1. The van der Waals surface area contributed by atoms with Crippen LogP contribution in [0.5, 0.6) is 5.75 Å². The van der Waals surface area contributed by atoms with Crippen LogP contribution in [-0.4, -0.2) is 93.6 Å². The lowest BCUT2D eigenvalue weighted by molar-refractivity contribution is -0.153. The lowest BCUT2D eigenvalue weighted by Gasteiger charge is -2.42. The van der Waals surface area contributed by atoms with Crippen molar-refractivity contribution < 1.29 is 29.0 Å². The summed E-state index contributed by atoms with van der Waals surface area (Å²) in [6.07, 6.45) is 8.79. The Bertz CT molecular complexity index is 1280. The first-order valence-electron chi connectivity index (χ1n) is 16.9. The highest BCUT2D eigenvalue weighted by Gasteiger charge is 2.77. The highest BCUT2D eigenvalue weighted by molar-refractivity contribution is 9.09. The van der Waals surface area contributed by atoms with E-state index in [4.69, 9.17) is 9.47 Å². The largest absolute Gasteiger partial charge is 0.494 e. The molecule has 1 aliphatic carbocycles. The van der Waals surface area contributed by atoms with Crippen LogP contribution < -0.4 is 9.64 Å². The fourth-order valence-corrected chi connectivity index (χ4v) is 9.41. The summed E-state index contributed by atoms with van der Waals surface area (Å²) in [4.78, 5) is 49.3. The molecule has 1 aromatic rings. The number of hydrogen-bond donors (Lipinski definition) is 1. The molecule has 7 atom stereocenters. The van der Waals surface area contributed by atoms with Crippen LogP contribution in [0.25, 0.3) is 0 Å². The molecule has 2 bridgehead atoms. The minimum absolute atomic E-state index is 0.0443. The summed E-state index contributed by atoms with van der Waals surface area (Å²) in [5.41, 5.74) is -0.543. The zero-order valence-electron chi connectivity index (χ0n) is 27.5. The van der Waals surface area contributed by atoms with Crippen molar-refractivity contribution in [3.8, 4) is 5.75 Å². The van der Waals surface area contributed by atoms with Crippen LogP contribution in [-0.2, 0) is 19.1 Å². The van der Waals surface area contributed by atoms with E-state index >= 15 is 0 Å². The molecular formula is C36H50BrN3O6. The SMILES string of the molecule is C=CCN(C(=O)[C@H]1[C@H]2C(=O)N([C@@H](CO)CC(C)C)C(C(=O)N(CC=C)C3CCCCC3)C23CC(Br)[C@@H]1O3)c1ccc(OCC)cc1. The van der Waals surface area contributed by atoms with Gasteiger partial charge in [0.25, 0.3) is 0 Å². The lowest BCUT2D eigenvalue weighted by Crippen LogP contribution is -2.60. The normalized spacial score (nSPS) is 29.5. The Labute approximate surface area is 282 Å². The van der Waals surface area contributed by atoms with Gasteiger partial charge in [0.2, 0.25) is 17.7 Å². The molecule has 10 heteroatoms. The summed E-state index contributed by atoms with van der Waals surface area (Å²) in [6.45, 7) is 14.7. The van der Waals surface area contributed by atoms with Crippen molar-refractivity contribution in [3.05, 3.63) is 49.6 Å². The fraction of sp³-hybridized carbons (Fsp3) is 0.639. The average Bonchev–Trinajstić information content (AvgIpc) is 3.65. The van der Waals surface area contributed by atoms with E-state index in [1.807, 2.05) is 49.9 Å². The number of carbonyl (C=O) groups excluding carboxylic acids is 3. The molecule has 1 aromatic carbocycles. The van der Waals surface area contributed by atoms with Gasteiger partial charge in [0.15, 0.2) is 0 Å². The number of aliphatic hydroxyl groups excluding tert-OH is 1. The average molecular weight is 701 g/mol. The molecular weight excluding hydrogens is 650 g/mol. The van der Waals surface area contributed by atoms with Gasteiger partial charge in [-0.15, -0.1) is 13.2 Å². The van der Waals surface area contributed by atoms with Gasteiger partial charge in [-0.05, 0) is 62.8 Å². The number of carbonyl (C=O) groups is 3. The van der Waals surface area contributed by atoms with E-state index in [1.54, 1.807) is 22.0 Å². The van der Waals surface area contributed by atoms with Crippen molar-refractivity contribution in [1.82, 2.24) is 9.80 Å². The molecule has 0 radical (unpaired) electrons. The second-order valence-electron chi connectivity index (χ2n) is 13.6. The predicted octanol–water partition coefficient (Wildman–Crippen LogP) is 5.11. The molecule has 0 aromatic heterocycles. The lowest BCUT2D eigenvalue weighted by atomic mass is 9.70. The maximum atomic E-state index is 14.9. The van der Waals surface area contributed by atoms with Gasteiger partial charge in [0.05, 0.1) is 37.2 Å². The summed E-state index contributed by atoms with van der Waals surface area (Å²) in [5.74, 6) is -1.52. The summed E-state index contributed by atoms with van der Waals surface area (Å²) >= 11 is 3.81. The van der Waals surface area contributed by atoms with Gasteiger partial charge < -0.3 is 29.3 Å². The van der Waals surface area contributed by atoms with Crippen molar-refractivity contribution in [3.63, 3.8) is 0 Å². The minimum Gasteiger partial charge on any atom is -0.494 e. The van der Waals surface area contributed by atoms with E-state index in [-0.39, 0.29) is 47.7 Å². The molecule has 3 heterocycles. The van der Waals surface area contributed by atoms with Crippen LogP contribution >= 0.6 is 15.9 Å². The minimum atomic E-state index is -1.20. The molecule has 1 N–H and O–H groups in total. The number of fused-ring (bicyclic) bond motifs is 1. The third kappa shape index (κ3) is 6.17. The van der Waals surface area contributed by atoms with Crippen LogP contribution in [0.1, 0.15) is 65.7 Å². The highest BCUT2D eigenvalue weighted by Crippen LogP contribution is 2.61. The Hall–Kier alpha value is -2.69. The van der Waals surface area contributed by atoms with E-state index in [9.17, 15) is 19.5 Å². The summed E-state index contributed by atoms with van der Waals surface area (Å²) in [7, 11) is 0. The smallest absolute Gasteiger partial charge is 0.248 e. The third-order valence-corrected chi connectivity index (χ3v) is 11.1. The summed E-state index contributed by atoms with van der Waals surface area (Å²) in [5, 5.41) is 10.7. The molecule has 3 amide bonds. The van der Waals surface area contributed by atoms with Crippen LogP contribution in [0, 0.1) is 17.8 Å². The maximum Gasteiger partial charge on any atom is 0.248 e. The molecule has 3 saturated heterocycles. The number of hydrogen-bond acceptors (Lipinski definition) is 6. The molecule has 4 fully saturated rings. The van der Waals surface area contributed by atoms with Crippen LogP contribution in [0.15, 0.2) is 49.6 Å². The topological polar surface area (TPSA) is 99.6 Å². The number of anilines is 1. The van der Waals surface area contributed by atoms with Gasteiger partial charge in [-0.1, -0.05) is 61.2 Å². The molecule has 1 saturated carbocycles. The van der Waals surface area contributed by atoms with Crippen molar-refractivity contribution in [2.24, 2.45) is 17.8 Å². The Balaban J connectivity index is 1.58. The number of ether oxygens (including phenoxy) is 2. The van der Waals surface area contributed by atoms with Gasteiger partial charge >= 0.3 is 0 Å². The van der Waals surface area contributed by atoms with Gasteiger partial charge in [0.1, 0.15) is 17.4 Å². The number of rotatable bonds is 14. The summed E-state index contributed by atoms with van der Waals surface area (Å²) < 4.78 is 12.4. The van der Waals surface area contributed by atoms with E-state index in [0.29, 0.717) is 37.4 Å². The van der Waals surface area contributed by atoms with Gasteiger partial charge in [-0.2, -0.15) is 0 Å². The van der Waals surface area contributed by atoms with Crippen LogP contribution in [0.4, 0.5) is 5.69 Å². The molecule has 9 nitrogen and oxygen atoms in total. The third-order valence-electron chi connectivity index (χ3n) is 10.3. The number of amides is 3. The molecule has 46 heavy (non-hydrogen) atoms. The molecule has 3 unspecified atom stereocenters. The number of benzene rings is 1. The first-order valence-corrected chi connectivity index (χ1v) is 17.9. The van der Waals surface area contributed by atoms with Crippen molar-refractivity contribution in [1.29, 1.82) is 0 Å². The van der Waals surface area contributed by atoms with Gasteiger partial charge in [-0.3, -0.25) is 14.4 Å². The first kappa shape index (κ1) is 34.6. The second kappa shape index (κ2) is 14.6. The van der Waals surface area contributed by atoms with Crippen LogP contribution in [0.2, 0.25) is 0 Å². The number of alkyl halides is 1. The fourth-order valence-electron chi connectivity index (χ4n) is 8.47. The quantitative estimate of drug-likeness (QED) is 0.214. The molecule has 3 aliphatic heterocycles. The van der Waals surface area contributed by atoms with Crippen molar-refractivity contribution in [2.75, 3.05) is 31.2 Å². The molecule has 5 rings (SSSR count). The van der Waals surface area contributed by atoms with E-state index in [2.05, 4.69) is 29.1 Å². The number of nitrogens with zero attached hydrogens (tertiary/aromatic N) is 3. The molecule has 1 spiro atoms. The Morgan fingerprint density at radius 3 is 2.39 bits per heavy atom. The zero-order chi connectivity index (χ0) is 33.2. The van der Waals surface area contributed by atoms with E-state index in [0.717, 1.165) is 32.1 Å². The molecule has 4 aliphatic rings. The van der Waals surface area contributed by atoms with E-state index < -0.39 is 35.6 Å². The number of aliphatic hydroxyl groups is 1. The number of halogens is 1. The van der Waals surface area contributed by atoms with Crippen LogP contribution in [0.3, 0.4) is 0 Å². The molecule has 252 valence electrons. The predicted molar refractivity (Wildman–Crippen MR) is 182 cm³/mol. The zero-order valence-corrected chi connectivity index (χ0v) is 29.1. The van der Waals surface area contributed by atoms with Crippen molar-refractivity contribution >= 4 is 39.3 Å². The van der Waals surface area contributed by atoms with Gasteiger partial charge in [-0.25, -0.2) is 0 Å². The Kier molecular flexibility index (Phi) is 11.0. The maximum absolute atomic E-state index is 14.9. The Morgan fingerprint density at radius 2 is 1.80 bits per heavy atom. The highest BCUT2D eigenvalue weighted by atomic mass is 79.9. The monoisotopic (exact) mass is 699 g/mol. The van der Waals surface area contributed by atoms with Crippen molar-refractivity contribution in [2.45, 2.75) is 100 Å².